The normalized spacial score (nSPS) is 17.8. The molecule has 4 aromatic rings. The lowest BCUT2D eigenvalue weighted by Crippen LogP contribution is -2.37. The van der Waals surface area contributed by atoms with Gasteiger partial charge in [0.05, 0.1) is 18.9 Å². The van der Waals surface area contributed by atoms with Crippen LogP contribution in [0.5, 0.6) is 0 Å². The lowest BCUT2D eigenvalue weighted by Gasteiger charge is -2.28. The summed E-state index contributed by atoms with van der Waals surface area (Å²) in [4.78, 5) is 14.3. The molecule has 182 valence electrons. The number of H-pyrrole nitrogens is 1. The number of rotatable bonds is 5. The van der Waals surface area contributed by atoms with Crippen LogP contribution in [0.25, 0.3) is 22.4 Å². The summed E-state index contributed by atoms with van der Waals surface area (Å²) in [5, 5.41) is 10.9. The summed E-state index contributed by atoms with van der Waals surface area (Å²) < 4.78 is 12.0. The van der Waals surface area contributed by atoms with Crippen molar-refractivity contribution in [1.29, 1.82) is 0 Å². The van der Waals surface area contributed by atoms with E-state index in [1.807, 2.05) is 12.1 Å². The Morgan fingerprint density at radius 2 is 1.86 bits per heavy atom. The molecule has 0 atom stereocenters. The number of hydrogen-bond acceptors (Lipinski definition) is 8. The second kappa shape index (κ2) is 9.31. The Balaban J connectivity index is 1.33. The summed E-state index contributed by atoms with van der Waals surface area (Å²) in [6.45, 7) is 7.15. The van der Waals surface area contributed by atoms with Gasteiger partial charge in [0.1, 0.15) is 17.1 Å². The van der Waals surface area contributed by atoms with Gasteiger partial charge in [-0.2, -0.15) is 10.1 Å². The minimum absolute atomic E-state index is 0.416. The molecule has 9 nitrogen and oxygen atoms in total. The Kier molecular flexibility index (Phi) is 5.87. The molecular formula is C26H31N7O2. The van der Waals surface area contributed by atoms with E-state index >= 15 is 0 Å². The van der Waals surface area contributed by atoms with E-state index in [1.165, 1.54) is 5.56 Å². The van der Waals surface area contributed by atoms with Crippen molar-refractivity contribution in [3.05, 3.63) is 47.7 Å². The monoisotopic (exact) mass is 473 g/mol. The summed E-state index contributed by atoms with van der Waals surface area (Å²) in [6.07, 6.45) is 2.19. The largest absolute Gasteiger partial charge is 0.455 e. The van der Waals surface area contributed by atoms with E-state index in [-0.39, 0.29) is 0 Å². The zero-order valence-corrected chi connectivity index (χ0v) is 20.3. The quantitative estimate of drug-likeness (QED) is 0.443. The number of aromatic amines is 1. The molecule has 0 radical (unpaired) electrons. The van der Waals surface area contributed by atoms with Gasteiger partial charge in [-0.05, 0) is 46.0 Å². The lowest BCUT2D eigenvalue weighted by molar-refractivity contribution is 0.122. The highest BCUT2D eigenvalue weighted by Gasteiger charge is 2.26. The van der Waals surface area contributed by atoms with E-state index in [0.29, 0.717) is 25.1 Å². The fraction of sp³-hybridized carbons (Fsp3) is 0.423. The third-order valence-electron chi connectivity index (χ3n) is 6.94. The molecule has 0 aliphatic carbocycles. The van der Waals surface area contributed by atoms with Gasteiger partial charge in [-0.25, -0.2) is 4.98 Å². The number of anilines is 3. The fourth-order valence-electron chi connectivity index (χ4n) is 4.93. The van der Waals surface area contributed by atoms with E-state index in [4.69, 9.17) is 19.1 Å². The number of nitrogens with zero attached hydrogens (tertiary/aromatic N) is 5. The Labute approximate surface area is 204 Å². The first-order chi connectivity index (χ1) is 17.1. The molecule has 2 aliphatic heterocycles. The number of likely N-dealkylation sites (tertiary alicyclic amines) is 1. The number of ether oxygens (including phenoxy) is 1. The molecule has 0 bridgehead atoms. The van der Waals surface area contributed by atoms with Gasteiger partial charge in [0, 0.05) is 36.7 Å². The van der Waals surface area contributed by atoms with Crippen LogP contribution >= 0.6 is 0 Å². The molecule has 35 heavy (non-hydrogen) atoms. The van der Waals surface area contributed by atoms with Gasteiger partial charge in [-0.15, -0.1) is 0 Å². The molecule has 0 unspecified atom stereocenters. The Hall–Kier alpha value is -3.43. The van der Waals surface area contributed by atoms with Gasteiger partial charge in [0.15, 0.2) is 11.4 Å². The summed E-state index contributed by atoms with van der Waals surface area (Å²) >= 11 is 0. The summed E-state index contributed by atoms with van der Waals surface area (Å²) in [6, 6.07) is 12.4. The number of nitrogens with one attached hydrogen (secondary N) is 2. The molecule has 9 heteroatoms. The SMILES string of the molecule is Cc1cccc(-c2cc(Nc3nc(N4CCOCC4)c4oc(C5CCN(C)CC5)cc4n3)[nH]n2)c1. The average Bonchev–Trinajstić information content (AvgIpc) is 3.52. The first-order valence-electron chi connectivity index (χ1n) is 12.3. The number of fused-ring (bicyclic) bond motifs is 1. The van der Waals surface area contributed by atoms with Crippen LogP contribution in [-0.2, 0) is 4.74 Å². The van der Waals surface area contributed by atoms with Crippen molar-refractivity contribution >= 4 is 28.7 Å². The van der Waals surface area contributed by atoms with Crippen molar-refractivity contribution in [1.82, 2.24) is 25.1 Å². The molecule has 6 rings (SSSR count). The topological polar surface area (TPSA) is 95.3 Å². The molecule has 0 spiro atoms. The minimum atomic E-state index is 0.416. The summed E-state index contributed by atoms with van der Waals surface area (Å²) in [7, 11) is 2.18. The standard InChI is InChI=1S/C26H31N7O2/c1-17-4-3-5-19(14-17)20-16-23(31-30-20)28-26-27-21-15-22(18-6-8-32(2)9-7-18)35-24(21)25(29-26)33-10-12-34-13-11-33/h3-5,14-16,18H,6-13H2,1-2H3,(H2,27,28,29,30,31). The van der Waals surface area contributed by atoms with Crippen LogP contribution in [0, 0.1) is 6.92 Å². The highest BCUT2D eigenvalue weighted by molar-refractivity contribution is 5.86. The number of hydrogen-bond donors (Lipinski definition) is 2. The predicted octanol–water partition coefficient (Wildman–Crippen LogP) is 4.31. The zero-order chi connectivity index (χ0) is 23.8. The number of furan rings is 1. The Morgan fingerprint density at radius 3 is 2.66 bits per heavy atom. The number of benzene rings is 1. The molecule has 1 aromatic carbocycles. The van der Waals surface area contributed by atoms with E-state index in [1.54, 1.807) is 0 Å². The van der Waals surface area contributed by atoms with E-state index < -0.39 is 0 Å². The number of aromatic nitrogens is 4. The van der Waals surface area contributed by atoms with Crippen molar-refractivity contribution in [2.75, 3.05) is 56.7 Å². The first-order valence-corrected chi connectivity index (χ1v) is 12.3. The van der Waals surface area contributed by atoms with Crippen LogP contribution in [0.1, 0.15) is 30.1 Å². The van der Waals surface area contributed by atoms with Crippen LogP contribution in [-0.4, -0.2) is 71.5 Å². The first kappa shape index (κ1) is 22.1. The van der Waals surface area contributed by atoms with Crippen LogP contribution in [0.3, 0.4) is 0 Å². The number of aryl methyl sites for hydroxylation is 1. The highest BCUT2D eigenvalue weighted by Crippen LogP contribution is 2.36. The van der Waals surface area contributed by atoms with Gasteiger partial charge in [0.2, 0.25) is 5.95 Å². The predicted molar refractivity (Wildman–Crippen MR) is 136 cm³/mol. The smallest absolute Gasteiger partial charge is 0.231 e. The average molecular weight is 474 g/mol. The van der Waals surface area contributed by atoms with Crippen LogP contribution in [0.4, 0.5) is 17.6 Å². The van der Waals surface area contributed by atoms with Crippen LogP contribution < -0.4 is 10.2 Å². The zero-order valence-electron chi connectivity index (χ0n) is 20.3. The third-order valence-corrected chi connectivity index (χ3v) is 6.94. The van der Waals surface area contributed by atoms with Gasteiger partial charge in [-0.3, -0.25) is 5.10 Å². The maximum absolute atomic E-state index is 6.43. The summed E-state index contributed by atoms with van der Waals surface area (Å²) in [5.41, 5.74) is 4.73. The minimum Gasteiger partial charge on any atom is -0.455 e. The van der Waals surface area contributed by atoms with Gasteiger partial charge in [0.25, 0.3) is 0 Å². The number of piperidine rings is 1. The van der Waals surface area contributed by atoms with Gasteiger partial charge in [-0.1, -0.05) is 23.8 Å². The lowest BCUT2D eigenvalue weighted by atomic mass is 9.95. The molecular weight excluding hydrogens is 442 g/mol. The molecule has 2 aliphatic rings. The van der Waals surface area contributed by atoms with Crippen molar-refractivity contribution in [2.45, 2.75) is 25.7 Å². The molecule has 3 aromatic heterocycles. The van der Waals surface area contributed by atoms with E-state index in [2.05, 4.69) is 63.6 Å². The molecule has 2 N–H and O–H groups in total. The van der Waals surface area contributed by atoms with Crippen molar-refractivity contribution in [3.63, 3.8) is 0 Å². The van der Waals surface area contributed by atoms with E-state index in [0.717, 1.165) is 78.8 Å². The molecule has 0 amide bonds. The van der Waals surface area contributed by atoms with Crippen molar-refractivity contribution in [3.8, 4) is 11.3 Å². The molecule has 2 fully saturated rings. The van der Waals surface area contributed by atoms with E-state index in [9.17, 15) is 0 Å². The second-order valence-electron chi connectivity index (χ2n) is 9.57. The van der Waals surface area contributed by atoms with Crippen molar-refractivity contribution < 1.29 is 9.15 Å². The van der Waals surface area contributed by atoms with Crippen LogP contribution in [0.2, 0.25) is 0 Å². The molecule has 5 heterocycles. The highest BCUT2D eigenvalue weighted by atomic mass is 16.5. The van der Waals surface area contributed by atoms with Gasteiger partial charge < -0.3 is 24.3 Å². The maximum atomic E-state index is 6.43. The second-order valence-corrected chi connectivity index (χ2v) is 9.57. The fourth-order valence-corrected chi connectivity index (χ4v) is 4.93. The Bertz CT molecular complexity index is 1320. The summed E-state index contributed by atoms with van der Waals surface area (Å²) in [5.74, 6) is 3.51. The maximum Gasteiger partial charge on any atom is 0.231 e. The Morgan fingerprint density at radius 1 is 1.03 bits per heavy atom. The van der Waals surface area contributed by atoms with Crippen LogP contribution in [0.15, 0.2) is 40.8 Å². The molecule has 0 saturated carbocycles. The van der Waals surface area contributed by atoms with Crippen molar-refractivity contribution in [2.24, 2.45) is 0 Å². The molecule has 2 saturated heterocycles. The third kappa shape index (κ3) is 4.61. The van der Waals surface area contributed by atoms with Gasteiger partial charge >= 0.3 is 0 Å². The number of morpholine rings is 1.